The van der Waals surface area contributed by atoms with Crippen molar-refractivity contribution in [1.82, 2.24) is 14.8 Å². The van der Waals surface area contributed by atoms with Crippen molar-refractivity contribution in [3.05, 3.63) is 36.2 Å². The van der Waals surface area contributed by atoms with Crippen molar-refractivity contribution in [3.8, 4) is 0 Å². The van der Waals surface area contributed by atoms with Crippen molar-refractivity contribution in [2.75, 3.05) is 22.9 Å². The SMILES string of the molecule is Cc1cccc(N2CC(C(=O)N3CCCn4ncnc43)CC2=O)c1. The first kappa shape index (κ1) is 14.9. The number of rotatable bonds is 2. The van der Waals surface area contributed by atoms with Gasteiger partial charge in [0.05, 0.1) is 5.92 Å². The third-order valence-electron chi connectivity index (χ3n) is 4.64. The molecule has 7 nitrogen and oxygen atoms in total. The third-order valence-corrected chi connectivity index (χ3v) is 4.64. The zero-order valence-electron chi connectivity index (χ0n) is 13.6. The maximum absolute atomic E-state index is 12.9. The maximum Gasteiger partial charge on any atom is 0.234 e. The Balaban J connectivity index is 1.54. The molecular formula is C17H19N5O2. The van der Waals surface area contributed by atoms with Gasteiger partial charge in [-0.15, -0.1) is 0 Å². The molecule has 1 atom stereocenters. The van der Waals surface area contributed by atoms with E-state index in [-0.39, 0.29) is 24.2 Å². The van der Waals surface area contributed by atoms with E-state index >= 15 is 0 Å². The summed E-state index contributed by atoms with van der Waals surface area (Å²) >= 11 is 0. The Labute approximate surface area is 139 Å². The van der Waals surface area contributed by atoms with Gasteiger partial charge in [-0.1, -0.05) is 12.1 Å². The molecule has 0 N–H and O–H groups in total. The number of fused-ring (bicyclic) bond motifs is 1. The Morgan fingerprint density at radius 1 is 1.29 bits per heavy atom. The maximum atomic E-state index is 12.9. The minimum absolute atomic E-state index is 0.00238. The second-order valence-electron chi connectivity index (χ2n) is 6.37. The van der Waals surface area contributed by atoms with Gasteiger partial charge in [0.15, 0.2) is 0 Å². The van der Waals surface area contributed by atoms with Gasteiger partial charge >= 0.3 is 0 Å². The number of hydrogen-bond acceptors (Lipinski definition) is 4. The van der Waals surface area contributed by atoms with Crippen LogP contribution in [0.1, 0.15) is 18.4 Å². The van der Waals surface area contributed by atoms with Gasteiger partial charge in [-0.3, -0.25) is 14.5 Å². The molecular weight excluding hydrogens is 306 g/mol. The molecule has 1 aromatic heterocycles. The van der Waals surface area contributed by atoms with E-state index in [4.69, 9.17) is 0 Å². The minimum atomic E-state index is -0.332. The van der Waals surface area contributed by atoms with Crippen LogP contribution in [0.25, 0.3) is 0 Å². The zero-order chi connectivity index (χ0) is 16.7. The van der Waals surface area contributed by atoms with E-state index in [9.17, 15) is 9.59 Å². The van der Waals surface area contributed by atoms with E-state index < -0.39 is 0 Å². The van der Waals surface area contributed by atoms with Gasteiger partial charge in [-0.25, -0.2) is 4.68 Å². The van der Waals surface area contributed by atoms with Crippen LogP contribution in [0, 0.1) is 12.8 Å². The van der Waals surface area contributed by atoms with Crippen LogP contribution >= 0.6 is 0 Å². The van der Waals surface area contributed by atoms with Crippen LogP contribution in [0.4, 0.5) is 11.6 Å². The molecule has 0 bridgehead atoms. The Morgan fingerprint density at radius 3 is 3.00 bits per heavy atom. The predicted molar refractivity (Wildman–Crippen MR) is 88.6 cm³/mol. The Bertz CT molecular complexity index is 800. The summed E-state index contributed by atoms with van der Waals surface area (Å²) in [5.41, 5.74) is 1.95. The lowest BCUT2D eigenvalue weighted by molar-refractivity contribution is -0.124. The van der Waals surface area contributed by atoms with Gasteiger partial charge < -0.3 is 4.90 Å². The topological polar surface area (TPSA) is 71.3 Å². The van der Waals surface area contributed by atoms with Gasteiger partial charge in [-0.2, -0.15) is 10.1 Å². The second kappa shape index (κ2) is 5.74. The Morgan fingerprint density at radius 2 is 2.17 bits per heavy atom. The quantitative estimate of drug-likeness (QED) is 0.836. The lowest BCUT2D eigenvalue weighted by Gasteiger charge is -2.28. The lowest BCUT2D eigenvalue weighted by Crippen LogP contribution is -2.42. The van der Waals surface area contributed by atoms with Crippen molar-refractivity contribution in [2.24, 2.45) is 5.92 Å². The molecule has 7 heteroatoms. The summed E-state index contributed by atoms with van der Waals surface area (Å²) in [4.78, 5) is 32.9. The summed E-state index contributed by atoms with van der Waals surface area (Å²) in [6.45, 7) is 3.82. The number of nitrogens with zero attached hydrogens (tertiary/aromatic N) is 5. The van der Waals surface area contributed by atoms with Gasteiger partial charge in [0.2, 0.25) is 17.8 Å². The molecule has 1 aromatic carbocycles. The molecule has 4 rings (SSSR count). The summed E-state index contributed by atoms with van der Waals surface area (Å²) in [5.74, 6) is 0.221. The van der Waals surface area contributed by atoms with Gasteiger partial charge in [0, 0.05) is 31.7 Å². The number of carbonyl (C=O) groups is 2. The molecule has 2 aromatic rings. The molecule has 0 aliphatic carbocycles. The molecule has 1 fully saturated rings. The molecule has 124 valence electrons. The molecule has 1 saturated heterocycles. The molecule has 0 radical (unpaired) electrons. The standard InChI is InChI=1S/C17H19N5O2/c1-12-4-2-5-14(8-12)21-10-13(9-15(21)23)16(24)20-6-3-7-22-17(20)18-11-19-22/h2,4-5,8,11,13H,3,6-7,9-10H2,1H3. The fraction of sp³-hybridized carbons (Fsp3) is 0.412. The molecule has 0 spiro atoms. The van der Waals surface area contributed by atoms with Crippen LogP contribution in [-0.2, 0) is 16.1 Å². The number of aryl methyl sites for hydroxylation is 2. The minimum Gasteiger partial charge on any atom is -0.312 e. The van der Waals surface area contributed by atoms with E-state index in [0.717, 1.165) is 24.2 Å². The smallest absolute Gasteiger partial charge is 0.234 e. The molecule has 24 heavy (non-hydrogen) atoms. The number of benzene rings is 1. The third kappa shape index (κ3) is 2.46. The van der Waals surface area contributed by atoms with Crippen LogP contribution < -0.4 is 9.80 Å². The van der Waals surface area contributed by atoms with Crippen molar-refractivity contribution >= 4 is 23.5 Å². The summed E-state index contributed by atoms with van der Waals surface area (Å²) in [5, 5.41) is 4.14. The average molecular weight is 325 g/mol. The Hall–Kier alpha value is -2.70. The fourth-order valence-corrected chi connectivity index (χ4v) is 3.45. The monoisotopic (exact) mass is 325 g/mol. The van der Waals surface area contributed by atoms with Crippen molar-refractivity contribution in [2.45, 2.75) is 26.3 Å². The first-order valence-electron chi connectivity index (χ1n) is 8.20. The molecule has 2 amide bonds. The molecule has 2 aliphatic heterocycles. The number of carbonyl (C=O) groups excluding carboxylic acids is 2. The highest BCUT2D eigenvalue weighted by Gasteiger charge is 2.39. The van der Waals surface area contributed by atoms with E-state index in [1.165, 1.54) is 6.33 Å². The fourth-order valence-electron chi connectivity index (χ4n) is 3.45. The lowest BCUT2D eigenvalue weighted by atomic mass is 10.1. The predicted octanol–water partition coefficient (Wildman–Crippen LogP) is 1.38. The van der Waals surface area contributed by atoms with E-state index in [2.05, 4.69) is 10.1 Å². The van der Waals surface area contributed by atoms with E-state index in [1.807, 2.05) is 31.2 Å². The number of anilines is 2. The summed E-state index contributed by atoms with van der Waals surface area (Å²) < 4.78 is 1.75. The van der Waals surface area contributed by atoms with Crippen LogP contribution in [0.5, 0.6) is 0 Å². The molecule has 3 heterocycles. The van der Waals surface area contributed by atoms with Crippen LogP contribution in [0.15, 0.2) is 30.6 Å². The van der Waals surface area contributed by atoms with Gasteiger partial charge in [0.25, 0.3) is 0 Å². The first-order valence-corrected chi connectivity index (χ1v) is 8.20. The zero-order valence-corrected chi connectivity index (χ0v) is 13.6. The average Bonchev–Trinajstić information content (AvgIpc) is 3.20. The first-order chi connectivity index (χ1) is 11.6. The van der Waals surface area contributed by atoms with Gasteiger partial charge in [0.1, 0.15) is 6.33 Å². The largest absolute Gasteiger partial charge is 0.312 e. The summed E-state index contributed by atoms with van der Waals surface area (Å²) in [7, 11) is 0. The van der Waals surface area contributed by atoms with Crippen LogP contribution in [-0.4, -0.2) is 39.7 Å². The van der Waals surface area contributed by atoms with Crippen LogP contribution in [0.3, 0.4) is 0 Å². The number of aromatic nitrogens is 3. The summed E-state index contributed by atoms with van der Waals surface area (Å²) in [6, 6.07) is 7.81. The molecule has 0 saturated carbocycles. The normalized spacial score (nSPS) is 20.4. The van der Waals surface area contributed by atoms with Crippen LogP contribution in [0.2, 0.25) is 0 Å². The Kier molecular flexibility index (Phi) is 3.55. The highest BCUT2D eigenvalue weighted by molar-refractivity contribution is 6.04. The highest BCUT2D eigenvalue weighted by atomic mass is 16.2. The number of amides is 2. The molecule has 2 aliphatic rings. The second-order valence-corrected chi connectivity index (χ2v) is 6.37. The van der Waals surface area contributed by atoms with E-state index in [1.54, 1.807) is 14.5 Å². The van der Waals surface area contributed by atoms with Gasteiger partial charge in [-0.05, 0) is 31.0 Å². The van der Waals surface area contributed by atoms with Crippen molar-refractivity contribution in [3.63, 3.8) is 0 Å². The summed E-state index contributed by atoms with van der Waals surface area (Å²) in [6.07, 6.45) is 2.57. The van der Waals surface area contributed by atoms with Crippen molar-refractivity contribution < 1.29 is 9.59 Å². The highest BCUT2D eigenvalue weighted by Crippen LogP contribution is 2.28. The van der Waals surface area contributed by atoms with Crippen molar-refractivity contribution in [1.29, 1.82) is 0 Å². The number of hydrogen-bond donors (Lipinski definition) is 0. The van der Waals surface area contributed by atoms with E-state index in [0.29, 0.717) is 19.0 Å². The molecule has 1 unspecified atom stereocenters.